The molecule has 2 rings (SSSR count). The van der Waals surface area contributed by atoms with Crippen molar-refractivity contribution in [2.24, 2.45) is 0 Å². The summed E-state index contributed by atoms with van der Waals surface area (Å²) in [5, 5.41) is 7.76. The third-order valence-corrected chi connectivity index (χ3v) is 5.28. The van der Waals surface area contributed by atoms with E-state index in [4.69, 9.17) is 0 Å². The Balaban J connectivity index is 1.83. The van der Waals surface area contributed by atoms with Crippen molar-refractivity contribution in [2.75, 3.05) is 18.9 Å². The predicted molar refractivity (Wildman–Crippen MR) is 106 cm³/mol. The summed E-state index contributed by atoms with van der Waals surface area (Å²) in [5.74, 6) is -0.241. The lowest BCUT2D eigenvalue weighted by Crippen LogP contribution is -2.45. The number of rotatable bonds is 7. The molecule has 1 aromatic carbocycles. The normalized spacial score (nSPS) is 12.0. The van der Waals surface area contributed by atoms with Crippen molar-refractivity contribution in [3.63, 3.8) is 0 Å². The fourth-order valence-corrected chi connectivity index (χ4v) is 3.38. The van der Waals surface area contributed by atoms with Gasteiger partial charge in [-0.1, -0.05) is 22.0 Å². The second kappa shape index (κ2) is 9.12. The highest BCUT2D eigenvalue weighted by atomic mass is 79.9. The summed E-state index contributed by atoms with van der Waals surface area (Å²) in [6.45, 7) is 4.38. The molecule has 1 heterocycles. The summed E-state index contributed by atoms with van der Waals surface area (Å²) in [7, 11) is 1.77. The number of thiophene rings is 1. The maximum absolute atomic E-state index is 12.2. The number of amides is 2. The van der Waals surface area contributed by atoms with Crippen molar-refractivity contribution in [2.45, 2.75) is 26.4 Å². The van der Waals surface area contributed by atoms with Crippen LogP contribution >= 0.6 is 27.3 Å². The van der Waals surface area contributed by atoms with E-state index in [2.05, 4.69) is 26.6 Å². The number of carbonyl (C=O) groups is 2. The quantitative estimate of drug-likeness (QED) is 0.717. The zero-order chi connectivity index (χ0) is 18.4. The van der Waals surface area contributed by atoms with Crippen LogP contribution in [0.25, 0.3) is 0 Å². The summed E-state index contributed by atoms with van der Waals surface area (Å²) in [4.78, 5) is 27.3. The lowest BCUT2D eigenvalue weighted by Gasteiger charge is -2.23. The van der Waals surface area contributed by atoms with Gasteiger partial charge in [0.15, 0.2) is 0 Å². The highest BCUT2D eigenvalue weighted by Crippen LogP contribution is 2.20. The first-order chi connectivity index (χ1) is 11.9. The Bertz CT molecular complexity index is 734. The van der Waals surface area contributed by atoms with Gasteiger partial charge in [-0.05, 0) is 56.1 Å². The van der Waals surface area contributed by atoms with Gasteiger partial charge < -0.3 is 10.6 Å². The first-order valence-corrected chi connectivity index (χ1v) is 9.60. The summed E-state index contributed by atoms with van der Waals surface area (Å²) in [5.41, 5.74) is 1.75. The van der Waals surface area contributed by atoms with E-state index in [1.165, 1.54) is 0 Å². The van der Waals surface area contributed by atoms with Crippen LogP contribution in [0.15, 0.2) is 40.2 Å². The molecule has 1 unspecified atom stereocenters. The minimum atomic E-state index is -0.392. The third-order valence-electron chi connectivity index (χ3n) is 3.91. The molecule has 5 nitrogen and oxygen atoms in total. The second-order valence-electron chi connectivity index (χ2n) is 5.90. The zero-order valence-electron chi connectivity index (χ0n) is 14.5. The van der Waals surface area contributed by atoms with E-state index in [9.17, 15) is 9.59 Å². The molecule has 0 aliphatic rings. The number of aryl methyl sites for hydroxylation is 1. The van der Waals surface area contributed by atoms with E-state index < -0.39 is 6.04 Å². The number of nitrogens with zero attached hydrogens (tertiary/aromatic N) is 1. The highest BCUT2D eigenvalue weighted by molar-refractivity contribution is 9.10. The average molecular weight is 424 g/mol. The highest BCUT2D eigenvalue weighted by Gasteiger charge is 2.20. The standard InChI is InChI=1S/C18H22BrN3O2S/c1-12-9-14(19)6-7-16(12)21-17(23)11-22(3)13(2)18(24)20-10-15-5-4-8-25-15/h4-9,13H,10-11H2,1-3H3,(H,20,24)(H,21,23). The number of halogens is 1. The molecule has 0 aliphatic carbocycles. The van der Waals surface area contributed by atoms with E-state index in [0.717, 1.165) is 20.6 Å². The van der Waals surface area contributed by atoms with Crippen molar-refractivity contribution >= 4 is 44.8 Å². The molecule has 0 radical (unpaired) electrons. The van der Waals surface area contributed by atoms with Crippen LogP contribution in [0.5, 0.6) is 0 Å². The van der Waals surface area contributed by atoms with Gasteiger partial charge in [0, 0.05) is 15.0 Å². The van der Waals surface area contributed by atoms with Gasteiger partial charge in [-0.25, -0.2) is 0 Å². The molecule has 1 atom stereocenters. The molecule has 2 N–H and O–H groups in total. The first kappa shape index (κ1) is 19.6. The van der Waals surface area contributed by atoms with Crippen LogP contribution in [-0.4, -0.2) is 36.3 Å². The summed E-state index contributed by atoms with van der Waals surface area (Å²) in [6, 6.07) is 9.22. The van der Waals surface area contributed by atoms with Crippen LogP contribution in [0.4, 0.5) is 5.69 Å². The van der Waals surface area contributed by atoms with Crippen LogP contribution in [0, 0.1) is 6.92 Å². The molecule has 2 aromatic rings. The molecule has 134 valence electrons. The second-order valence-corrected chi connectivity index (χ2v) is 7.84. The molecule has 0 spiro atoms. The topological polar surface area (TPSA) is 61.4 Å². The number of likely N-dealkylation sites (N-methyl/N-ethyl adjacent to an activating group) is 1. The zero-order valence-corrected chi connectivity index (χ0v) is 16.9. The Hall–Kier alpha value is -1.70. The van der Waals surface area contributed by atoms with Crippen LogP contribution in [-0.2, 0) is 16.1 Å². The maximum atomic E-state index is 12.2. The Kier molecular flexibility index (Phi) is 7.16. The smallest absolute Gasteiger partial charge is 0.238 e. The Morgan fingerprint density at radius 1 is 1.32 bits per heavy atom. The minimum absolute atomic E-state index is 0.0940. The average Bonchev–Trinajstić information content (AvgIpc) is 3.08. The van der Waals surface area contributed by atoms with Gasteiger partial charge in [0.2, 0.25) is 11.8 Å². The molecule has 0 aliphatic heterocycles. The Morgan fingerprint density at radius 2 is 2.08 bits per heavy atom. The van der Waals surface area contributed by atoms with Crippen molar-refractivity contribution in [1.82, 2.24) is 10.2 Å². The molecular weight excluding hydrogens is 402 g/mol. The van der Waals surface area contributed by atoms with E-state index in [1.54, 1.807) is 30.2 Å². The number of nitrogens with one attached hydrogen (secondary N) is 2. The van der Waals surface area contributed by atoms with E-state index in [1.807, 2.05) is 42.6 Å². The van der Waals surface area contributed by atoms with E-state index >= 15 is 0 Å². The number of hydrogen-bond donors (Lipinski definition) is 2. The minimum Gasteiger partial charge on any atom is -0.350 e. The number of hydrogen-bond acceptors (Lipinski definition) is 4. The fraction of sp³-hybridized carbons (Fsp3) is 0.333. The molecule has 0 saturated carbocycles. The van der Waals surface area contributed by atoms with Gasteiger partial charge in [-0.15, -0.1) is 11.3 Å². The Labute approximate surface area is 160 Å². The number of carbonyl (C=O) groups excluding carboxylic acids is 2. The third kappa shape index (κ3) is 5.95. The van der Waals surface area contributed by atoms with Gasteiger partial charge in [-0.2, -0.15) is 0 Å². The first-order valence-electron chi connectivity index (χ1n) is 7.93. The van der Waals surface area contributed by atoms with Crippen molar-refractivity contribution < 1.29 is 9.59 Å². The van der Waals surface area contributed by atoms with Crippen molar-refractivity contribution in [1.29, 1.82) is 0 Å². The SMILES string of the molecule is Cc1cc(Br)ccc1NC(=O)CN(C)C(C)C(=O)NCc1cccs1. The van der Waals surface area contributed by atoms with Crippen LogP contribution in [0.2, 0.25) is 0 Å². The predicted octanol–water partition coefficient (Wildman–Crippen LogP) is 3.39. The molecule has 7 heteroatoms. The summed E-state index contributed by atoms with van der Waals surface area (Å²) >= 11 is 5.01. The number of benzene rings is 1. The van der Waals surface area contributed by atoms with E-state index in [-0.39, 0.29) is 18.4 Å². The molecule has 0 bridgehead atoms. The monoisotopic (exact) mass is 423 g/mol. The van der Waals surface area contributed by atoms with Gasteiger partial charge in [0.05, 0.1) is 19.1 Å². The van der Waals surface area contributed by atoms with Crippen LogP contribution < -0.4 is 10.6 Å². The summed E-state index contributed by atoms with van der Waals surface area (Å²) in [6.07, 6.45) is 0. The van der Waals surface area contributed by atoms with Crippen LogP contribution in [0.1, 0.15) is 17.4 Å². The van der Waals surface area contributed by atoms with Crippen LogP contribution in [0.3, 0.4) is 0 Å². The maximum Gasteiger partial charge on any atom is 0.238 e. The lowest BCUT2D eigenvalue weighted by atomic mass is 10.2. The molecule has 0 saturated heterocycles. The van der Waals surface area contributed by atoms with Crippen molar-refractivity contribution in [3.05, 3.63) is 50.6 Å². The van der Waals surface area contributed by atoms with E-state index in [0.29, 0.717) is 6.54 Å². The van der Waals surface area contributed by atoms with Gasteiger partial charge in [0.1, 0.15) is 0 Å². The van der Waals surface area contributed by atoms with Gasteiger partial charge >= 0.3 is 0 Å². The lowest BCUT2D eigenvalue weighted by molar-refractivity contribution is -0.126. The molecule has 25 heavy (non-hydrogen) atoms. The fourth-order valence-electron chi connectivity index (χ4n) is 2.26. The van der Waals surface area contributed by atoms with Gasteiger partial charge in [-0.3, -0.25) is 14.5 Å². The summed E-state index contributed by atoms with van der Waals surface area (Å²) < 4.78 is 0.969. The van der Waals surface area contributed by atoms with Crippen molar-refractivity contribution in [3.8, 4) is 0 Å². The molecular formula is C18H22BrN3O2S. The van der Waals surface area contributed by atoms with Gasteiger partial charge in [0.25, 0.3) is 0 Å². The molecule has 1 aromatic heterocycles. The molecule has 2 amide bonds. The Morgan fingerprint density at radius 3 is 2.72 bits per heavy atom. The molecule has 0 fully saturated rings. The largest absolute Gasteiger partial charge is 0.350 e. The number of anilines is 1.